The summed E-state index contributed by atoms with van der Waals surface area (Å²) >= 11 is 0. The molecular formula is C12H26N2. The van der Waals surface area contributed by atoms with Crippen LogP contribution in [0.3, 0.4) is 0 Å². The number of rotatable bonds is 4. The highest BCUT2D eigenvalue weighted by molar-refractivity contribution is 4.88. The van der Waals surface area contributed by atoms with Gasteiger partial charge in [-0.2, -0.15) is 0 Å². The standard InChI is InChI=1S/C12H26N2/c1-5-14(10(2)3)12-9-7-6-8-11(12)13-4/h10-13H,5-9H2,1-4H3. The maximum absolute atomic E-state index is 3.48. The van der Waals surface area contributed by atoms with Crippen LogP contribution in [0, 0.1) is 0 Å². The van der Waals surface area contributed by atoms with Crippen LogP contribution < -0.4 is 5.32 Å². The number of nitrogens with zero attached hydrogens (tertiary/aromatic N) is 1. The third-order valence-electron chi connectivity index (χ3n) is 3.55. The fraction of sp³-hybridized carbons (Fsp3) is 1.00. The highest BCUT2D eigenvalue weighted by Crippen LogP contribution is 2.24. The van der Waals surface area contributed by atoms with Crippen LogP contribution in [-0.4, -0.2) is 36.6 Å². The molecule has 1 aliphatic rings. The molecule has 0 bridgehead atoms. The lowest BCUT2D eigenvalue weighted by molar-refractivity contribution is 0.101. The lowest BCUT2D eigenvalue weighted by Gasteiger charge is -2.41. The van der Waals surface area contributed by atoms with Gasteiger partial charge in [0.1, 0.15) is 0 Å². The van der Waals surface area contributed by atoms with Gasteiger partial charge >= 0.3 is 0 Å². The van der Waals surface area contributed by atoms with Crippen LogP contribution in [-0.2, 0) is 0 Å². The highest BCUT2D eigenvalue weighted by Gasteiger charge is 2.29. The lowest BCUT2D eigenvalue weighted by Crippen LogP contribution is -2.53. The van der Waals surface area contributed by atoms with Crippen LogP contribution in [0.15, 0.2) is 0 Å². The molecule has 14 heavy (non-hydrogen) atoms. The van der Waals surface area contributed by atoms with E-state index >= 15 is 0 Å². The summed E-state index contributed by atoms with van der Waals surface area (Å²) in [5, 5.41) is 3.48. The van der Waals surface area contributed by atoms with E-state index in [2.05, 4.69) is 38.0 Å². The molecule has 0 aliphatic heterocycles. The average molecular weight is 198 g/mol. The van der Waals surface area contributed by atoms with E-state index in [1.807, 2.05) is 0 Å². The topological polar surface area (TPSA) is 15.3 Å². The van der Waals surface area contributed by atoms with Crippen molar-refractivity contribution in [1.29, 1.82) is 0 Å². The van der Waals surface area contributed by atoms with Crippen molar-refractivity contribution in [1.82, 2.24) is 10.2 Å². The minimum atomic E-state index is 0.680. The van der Waals surface area contributed by atoms with Crippen molar-refractivity contribution < 1.29 is 0 Å². The molecule has 2 nitrogen and oxygen atoms in total. The fourth-order valence-corrected chi connectivity index (χ4v) is 2.83. The molecule has 0 aromatic carbocycles. The van der Waals surface area contributed by atoms with Gasteiger partial charge in [0, 0.05) is 18.1 Å². The molecule has 1 N–H and O–H groups in total. The number of hydrogen-bond acceptors (Lipinski definition) is 2. The van der Waals surface area contributed by atoms with Gasteiger partial charge in [0.05, 0.1) is 0 Å². The largest absolute Gasteiger partial charge is 0.315 e. The van der Waals surface area contributed by atoms with Crippen molar-refractivity contribution in [2.24, 2.45) is 0 Å². The van der Waals surface area contributed by atoms with E-state index in [0.29, 0.717) is 12.1 Å². The van der Waals surface area contributed by atoms with Gasteiger partial charge in [0.15, 0.2) is 0 Å². The molecule has 1 fully saturated rings. The smallest absolute Gasteiger partial charge is 0.0251 e. The van der Waals surface area contributed by atoms with E-state index in [1.54, 1.807) is 0 Å². The summed E-state index contributed by atoms with van der Waals surface area (Å²) in [5.41, 5.74) is 0. The minimum absolute atomic E-state index is 0.680. The van der Waals surface area contributed by atoms with Crippen LogP contribution in [0.5, 0.6) is 0 Å². The molecule has 2 heteroatoms. The predicted octanol–water partition coefficient (Wildman–Crippen LogP) is 2.25. The molecule has 0 saturated heterocycles. The second-order valence-corrected chi connectivity index (χ2v) is 4.67. The summed E-state index contributed by atoms with van der Waals surface area (Å²) in [4.78, 5) is 2.64. The van der Waals surface area contributed by atoms with Crippen LogP contribution in [0.1, 0.15) is 46.5 Å². The molecule has 1 saturated carbocycles. The van der Waals surface area contributed by atoms with Crippen LogP contribution in [0.25, 0.3) is 0 Å². The molecule has 1 aliphatic carbocycles. The second-order valence-electron chi connectivity index (χ2n) is 4.67. The first-order chi connectivity index (χ1) is 6.70. The van der Waals surface area contributed by atoms with Crippen molar-refractivity contribution in [3.8, 4) is 0 Å². The number of nitrogens with one attached hydrogen (secondary N) is 1. The maximum Gasteiger partial charge on any atom is 0.0251 e. The quantitative estimate of drug-likeness (QED) is 0.745. The van der Waals surface area contributed by atoms with Gasteiger partial charge in [-0.25, -0.2) is 0 Å². The Morgan fingerprint density at radius 1 is 1.29 bits per heavy atom. The van der Waals surface area contributed by atoms with Gasteiger partial charge < -0.3 is 5.32 Å². The summed E-state index contributed by atoms with van der Waals surface area (Å²) in [6.07, 6.45) is 5.53. The first-order valence-corrected chi connectivity index (χ1v) is 6.13. The predicted molar refractivity (Wildman–Crippen MR) is 62.6 cm³/mol. The zero-order valence-electron chi connectivity index (χ0n) is 10.2. The average Bonchev–Trinajstić information content (AvgIpc) is 2.19. The Morgan fingerprint density at radius 2 is 1.93 bits per heavy atom. The molecule has 1 rings (SSSR count). The van der Waals surface area contributed by atoms with E-state index in [-0.39, 0.29) is 0 Å². The van der Waals surface area contributed by atoms with Crippen molar-refractivity contribution in [3.05, 3.63) is 0 Å². The molecule has 0 amide bonds. The Balaban J connectivity index is 2.60. The van der Waals surface area contributed by atoms with Crippen molar-refractivity contribution in [3.63, 3.8) is 0 Å². The zero-order chi connectivity index (χ0) is 10.6. The molecular weight excluding hydrogens is 172 g/mol. The third-order valence-corrected chi connectivity index (χ3v) is 3.55. The van der Waals surface area contributed by atoms with Crippen LogP contribution in [0.2, 0.25) is 0 Å². The fourth-order valence-electron chi connectivity index (χ4n) is 2.83. The van der Waals surface area contributed by atoms with Gasteiger partial charge in [-0.1, -0.05) is 19.8 Å². The first-order valence-electron chi connectivity index (χ1n) is 6.13. The summed E-state index contributed by atoms with van der Waals surface area (Å²) in [5.74, 6) is 0. The molecule has 2 unspecified atom stereocenters. The Morgan fingerprint density at radius 3 is 2.43 bits per heavy atom. The van der Waals surface area contributed by atoms with Gasteiger partial charge in [-0.3, -0.25) is 4.90 Å². The van der Waals surface area contributed by atoms with Gasteiger partial charge in [-0.15, -0.1) is 0 Å². The zero-order valence-corrected chi connectivity index (χ0v) is 10.2. The van der Waals surface area contributed by atoms with E-state index in [9.17, 15) is 0 Å². The van der Waals surface area contributed by atoms with Crippen LogP contribution in [0.4, 0.5) is 0 Å². The molecule has 2 atom stereocenters. The van der Waals surface area contributed by atoms with Crippen molar-refractivity contribution in [2.75, 3.05) is 13.6 Å². The van der Waals surface area contributed by atoms with E-state index < -0.39 is 0 Å². The summed E-state index contributed by atoms with van der Waals surface area (Å²) in [7, 11) is 2.11. The molecule has 0 aromatic heterocycles. The molecule has 84 valence electrons. The molecule has 0 radical (unpaired) electrons. The molecule has 0 spiro atoms. The summed E-state index contributed by atoms with van der Waals surface area (Å²) < 4.78 is 0. The number of hydrogen-bond donors (Lipinski definition) is 1. The van der Waals surface area contributed by atoms with E-state index in [0.717, 1.165) is 6.04 Å². The van der Waals surface area contributed by atoms with Gasteiger partial charge in [-0.05, 0) is 40.3 Å². The normalized spacial score (nSPS) is 28.7. The monoisotopic (exact) mass is 198 g/mol. The summed E-state index contributed by atoms with van der Waals surface area (Å²) in [6.45, 7) is 8.08. The maximum atomic E-state index is 3.48. The second kappa shape index (κ2) is 5.72. The minimum Gasteiger partial charge on any atom is -0.315 e. The van der Waals surface area contributed by atoms with Gasteiger partial charge in [0.2, 0.25) is 0 Å². The van der Waals surface area contributed by atoms with E-state index in [4.69, 9.17) is 0 Å². The Hall–Kier alpha value is -0.0800. The number of likely N-dealkylation sites (N-methyl/N-ethyl adjacent to an activating group) is 2. The Bertz CT molecular complexity index is 156. The Labute approximate surface area is 89.1 Å². The lowest BCUT2D eigenvalue weighted by atomic mass is 9.88. The first kappa shape index (κ1) is 12.0. The third kappa shape index (κ3) is 2.71. The highest BCUT2D eigenvalue weighted by atomic mass is 15.2. The van der Waals surface area contributed by atoms with Gasteiger partial charge in [0.25, 0.3) is 0 Å². The SMILES string of the molecule is CCN(C(C)C)C1CCCCC1NC. The van der Waals surface area contributed by atoms with Crippen molar-refractivity contribution >= 4 is 0 Å². The summed E-state index contributed by atoms with van der Waals surface area (Å²) in [6, 6.07) is 2.16. The Kier molecular flexibility index (Phi) is 4.90. The molecule has 0 aromatic rings. The van der Waals surface area contributed by atoms with E-state index in [1.165, 1.54) is 32.2 Å². The molecule has 0 heterocycles. The van der Waals surface area contributed by atoms with Crippen molar-refractivity contribution in [2.45, 2.75) is 64.6 Å². The van der Waals surface area contributed by atoms with Crippen LogP contribution >= 0.6 is 0 Å².